The van der Waals surface area contributed by atoms with Gasteiger partial charge in [-0.2, -0.15) is 4.99 Å². The minimum Gasteiger partial charge on any atom is -0.211 e. The Labute approximate surface area is 70.7 Å². The van der Waals surface area contributed by atoms with E-state index < -0.39 is 0 Å². The molecule has 0 heterocycles. The SMILES string of the molecule is O=C=NC=CCCCCN=C=O. The van der Waals surface area contributed by atoms with E-state index in [1.54, 1.807) is 6.08 Å². The summed E-state index contributed by atoms with van der Waals surface area (Å²) in [7, 11) is 0. The Hall–Kier alpha value is -1.50. The average molecular weight is 166 g/mol. The lowest BCUT2D eigenvalue weighted by Gasteiger charge is -1.88. The Morgan fingerprint density at radius 2 is 2.00 bits per heavy atom. The van der Waals surface area contributed by atoms with Crippen LogP contribution in [-0.4, -0.2) is 18.7 Å². The van der Waals surface area contributed by atoms with Gasteiger partial charge in [-0.25, -0.2) is 14.6 Å². The van der Waals surface area contributed by atoms with Gasteiger partial charge in [0.25, 0.3) is 0 Å². The van der Waals surface area contributed by atoms with Gasteiger partial charge in [0.2, 0.25) is 12.2 Å². The van der Waals surface area contributed by atoms with Gasteiger partial charge in [-0.1, -0.05) is 6.08 Å². The molecule has 0 aromatic heterocycles. The Balaban J connectivity index is 3.20. The van der Waals surface area contributed by atoms with Crippen LogP contribution in [0.4, 0.5) is 0 Å². The topological polar surface area (TPSA) is 58.9 Å². The van der Waals surface area contributed by atoms with Gasteiger partial charge in [-0.3, -0.25) is 0 Å². The summed E-state index contributed by atoms with van der Waals surface area (Å²) < 4.78 is 0. The maximum absolute atomic E-state index is 9.62. The summed E-state index contributed by atoms with van der Waals surface area (Å²) in [5.41, 5.74) is 0. The summed E-state index contributed by atoms with van der Waals surface area (Å²) >= 11 is 0. The second-order valence-corrected chi connectivity index (χ2v) is 2.07. The van der Waals surface area contributed by atoms with Gasteiger partial charge in [-0.15, -0.1) is 0 Å². The third-order valence-corrected chi connectivity index (χ3v) is 1.19. The van der Waals surface area contributed by atoms with Crippen molar-refractivity contribution in [3.63, 3.8) is 0 Å². The number of isocyanates is 2. The number of unbranched alkanes of at least 4 members (excludes halogenated alkanes) is 2. The molecule has 4 nitrogen and oxygen atoms in total. The number of hydrogen-bond acceptors (Lipinski definition) is 4. The van der Waals surface area contributed by atoms with Gasteiger partial charge >= 0.3 is 0 Å². The highest BCUT2D eigenvalue weighted by atomic mass is 16.1. The first-order valence-corrected chi connectivity index (χ1v) is 3.67. The molecule has 0 N–H and O–H groups in total. The fraction of sp³-hybridized carbons (Fsp3) is 0.500. The molecule has 0 amide bonds. The maximum atomic E-state index is 9.62. The van der Waals surface area contributed by atoms with Gasteiger partial charge in [0.1, 0.15) is 0 Å². The predicted molar refractivity (Wildman–Crippen MR) is 44.1 cm³/mol. The zero-order chi connectivity index (χ0) is 9.07. The summed E-state index contributed by atoms with van der Waals surface area (Å²) in [5, 5.41) is 0. The minimum atomic E-state index is 0.522. The lowest BCUT2D eigenvalue weighted by molar-refractivity contribution is 0.561. The van der Waals surface area contributed by atoms with Gasteiger partial charge < -0.3 is 0 Å². The Kier molecular flexibility index (Phi) is 8.31. The highest BCUT2D eigenvalue weighted by molar-refractivity contribution is 5.34. The molecule has 4 heteroatoms. The van der Waals surface area contributed by atoms with Crippen LogP contribution >= 0.6 is 0 Å². The highest BCUT2D eigenvalue weighted by Gasteiger charge is 1.82. The van der Waals surface area contributed by atoms with Gasteiger partial charge in [0.15, 0.2) is 0 Å². The quantitative estimate of drug-likeness (QED) is 0.339. The van der Waals surface area contributed by atoms with E-state index in [1.165, 1.54) is 18.4 Å². The largest absolute Gasteiger partial charge is 0.239 e. The molecular weight excluding hydrogens is 156 g/mol. The van der Waals surface area contributed by atoms with Crippen molar-refractivity contribution in [1.82, 2.24) is 0 Å². The van der Waals surface area contributed by atoms with E-state index in [9.17, 15) is 9.59 Å². The number of carbonyl (C=O) groups excluding carboxylic acids is 2. The summed E-state index contributed by atoms with van der Waals surface area (Å²) in [6.07, 6.45) is 8.66. The minimum absolute atomic E-state index is 0.522. The molecule has 0 aromatic carbocycles. The lowest BCUT2D eigenvalue weighted by Crippen LogP contribution is -1.79. The molecule has 0 aliphatic heterocycles. The van der Waals surface area contributed by atoms with Crippen molar-refractivity contribution < 1.29 is 9.59 Å². The van der Waals surface area contributed by atoms with Crippen LogP contribution in [0.15, 0.2) is 22.3 Å². The van der Waals surface area contributed by atoms with Crippen LogP contribution in [-0.2, 0) is 9.59 Å². The van der Waals surface area contributed by atoms with Crippen LogP contribution in [0.2, 0.25) is 0 Å². The van der Waals surface area contributed by atoms with Crippen LogP contribution in [0.1, 0.15) is 19.3 Å². The number of rotatable bonds is 6. The van der Waals surface area contributed by atoms with E-state index in [1.807, 2.05) is 0 Å². The second kappa shape index (κ2) is 9.50. The summed E-state index contributed by atoms with van der Waals surface area (Å²) in [6, 6.07) is 0. The first kappa shape index (κ1) is 10.5. The fourth-order valence-corrected chi connectivity index (χ4v) is 0.656. The van der Waals surface area contributed by atoms with Crippen LogP contribution < -0.4 is 0 Å². The lowest BCUT2D eigenvalue weighted by atomic mass is 10.2. The molecular formula is C8H10N2O2. The van der Waals surface area contributed by atoms with Gasteiger partial charge in [-0.05, 0) is 19.3 Å². The van der Waals surface area contributed by atoms with Crippen molar-refractivity contribution >= 4 is 12.2 Å². The van der Waals surface area contributed by atoms with Crippen LogP contribution in [0.3, 0.4) is 0 Å². The van der Waals surface area contributed by atoms with Crippen molar-refractivity contribution in [3.8, 4) is 0 Å². The smallest absolute Gasteiger partial charge is 0.211 e. The van der Waals surface area contributed by atoms with E-state index in [0.29, 0.717) is 6.54 Å². The number of allylic oxidation sites excluding steroid dienone is 1. The first-order valence-electron chi connectivity index (χ1n) is 3.67. The molecule has 0 aromatic rings. The molecule has 0 radical (unpaired) electrons. The molecule has 12 heavy (non-hydrogen) atoms. The van der Waals surface area contributed by atoms with Crippen molar-refractivity contribution in [1.29, 1.82) is 0 Å². The van der Waals surface area contributed by atoms with E-state index in [-0.39, 0.29) is 0 Å². The standard InChI is InChI=1S/C8H10N2O2/c11-7-9-5-3-1-2-4-6-10-8-12/h3,5H,1-2,4,6H2. The molecule has 0 saturated carbocycles. The summed E-state index contributed by atoms with van der Waals surface area (Å²) in [6.45, 7) is 0.522. The molecule has 0 saturated heterocycles. The molecule has 0 fully saturated rings. The molecule has 0 bridgehead atoms. The highest BCUT2D eigenvalue weighted by Crippen LogP contribution is 1.96. The maximum Gasteiger partial charge on any atom is 0.239 e. The number of aliphatic imine (C=N–C) groups is 2. The molecule has 64 valence electrons. The van der Waals surface area contributed by atoms with E-state index in [4.69, 9.17) is 0 Å². The molecule has 0 atom stereocenters. The molecule has 0 rings (SSSR count). The number of nitrogens with zero attached hydrogens (tertiary/aromatic N) is 2. The van der Waals surface area contributed by atoms with Crippen LogP contribution in [0.25, 0.3) is 0 Å². The van der Waals surface area contributed by atoms with Crippen molar-refractivity contribution in [2.75, 3.05) is 6.54 Å². The normalized spacial score (nSPS) is 9.00. The number of hydrogen-bond donors (Lipinski definition) is 0. The second-order valence-electron chi connectivity index (χ2n) is 2.07. The monoisotopic (exact) mass is 166 g/mol. The molecule has 0 spiro atoms. The molecule has 0 unspecified atom stereocenters. The Morgan fingerprint density at radius 3 is 2.67 bits per heavy atom. The Bertz CT molecular complexity index is 223. The fourth-order valence-electron chi connectivity index (χ4n) is 0.656. The van der Waals surface area contributed by atoms with Crippen LogP contribution in [0.5, 0.6) is 0 Å². The van der Waals surface area contributed by atoms with Gasteiger partial charge in [0.05, 0.1) is 6.54 Å². The zero-order valence-corrected chi connectivity index (χ0v) is 6.69. The van der Waals surface area contributed by atoms with Crippen molar-refractivity contribution in [3.05, 3.63) is 12.3 Å². The predicted octanol–water partition coefficient (Wildman–Crippen LogP) is 1.34. The Morgan fingerprint density at radius 1 is 1.17 bits per heavy atom. The van der Waals surface area contributed by atoms with Crippen molar-refractivity contribution in [2.45, 2.75) is 19.3 Å². The summed E-state index contributed by atoms with van der Waals surface area (Å²) in [5.74, 6) is 0. The third kappa shape index (κ3) is 8.50. The van der Waals surface area contributed by atoms with Crippen molar-refractivity contribution in [2.24, 2.45) is 9.98 Å². The molecule has 0 aliphatic carbocycles. The summed E-state index contributed by atoms with van der Waals surface area (Å²) in [4.78, 5) is 25.8. The zero-order valence-electron chi connectivity index (χ0n) is 6.69. The first-order chi connectivity index (χ1) is 5.91. The third-order valence-electron chi connectivity index (χ3n) is 1.19. The van der Waals surface area contributed by atoms with Gasteiger partial charge in [0, 0.05) is 6.20 Å². The van der Waals surface area contributed by atoms with Crippen LogP contribution in [0, 0.1) is 0 Å². The van der Waals surface area contributed by atoms with E-state index >= 15 is 0 Å². The average Bonchev–Trinajstić information content (AvgIpc) is 2.10. The molecule has 0 aliphatic rings. The van der Waals surface area contributed by atoms with E-state index in [2.05, 4.69) is 9.98 Å². The van der Waals surface area contributed by atoms with E-state index in [0.717, 1.165) is 19.3 Å².